The summed E-state index contributed by atoms with van der Waals surface area (Å²) >= 11 is 0. The first kappa shape index (κ1) is 17.9. The third-order valence-electron chi connectivity index (χ3n) is 3.85. The van der Waals surface area contributed by atoms with E-state index in [0.717, 1.165) is 6.07 Å². The normalized spacial score (nSPS) is 15.4. The van der Waals surface area contributed by atoms with Crippen molar-refractivity contribution in [2.45, 2.75) is 13.8 Å². The Morgan fingerprint density at radius 2 is 1.93 bits per heavy atom. The SMILES string of the molecule is CC1=NN(c2ccccn2)C(=O)/C1=C(/C)NNC(=O)c1ccc(O)cc1O. The summed E-state index contributed by atoms with van der Waals surface area (Å²) < 4.78 is 0. The molecule has 0 spiro atoms. The number of aromatic nitrogens is 1. The lowest BCUT2D eigenvalue weighted by Crippen LogP contribution is -2.38. The van der Waals surface area contributed by atoms with E-state index in [4.69, 9.17) is 0 Å². The van der Waals surface area contributed by atoms with E-state index in [1.54, 1.807) is 38.2 Å². The van der Waals surface area contributed by atoms with Gasteiger partial charge in [0.25, 0.3) is 11.8 Å². The van der Waals surface area contributed by atoms with Crippen LogP contribution in [-0.2, 0) is 4.79 Å². The second-order valence-electron chi connectivity index (χ2n) is 5.77. The van der Waals surface area contributed by atoms with Gasteiger partial charge in [-0.25, -0.2) is 4.98 Å². The number of carbonyl (C=O) groups excluding carboxylic acids is 2. The zero-order valence-electron chi connectivity index (χ0n) is 14.6. The Morgan fingerprint density at radius 1 is 1.15 bits per heavy atom. The van der Waals surface area contributed by atoms with Gasteiger partial charge < -0.3 is 15.6 Å². The molecule has 138 valence electrons. The first-order valence-corrected chi connectivity index (χ1v) is 7.98. The molecule has 1 aromatic carbocycles. The number of hydrogen-bond donors (Lipinski definition) is 4. The molecule has 9 nitrogen and oxygen atoms in total. The minimum Gasteiger partial charge on any atom is -0.508 e. The van der Waals surface area contributed by atoms with Crippen LogP contribution < -0.4 is 15.9 Å². The maximum atomic E-state index is 12.7. The summed E-state index contributed by atoms with van der Waals surface area (Å²) in [6, 6.07) is 8.76. The zero-order chi connectivity index (χ0) is 19.6. The summed E-state index contributed by atoms with van der Waals surface area (Å²) in [6.45, 7) is 3.29. The monoisotopic (exact) mass is 367 g/mol. The van der Waals surface area contributed by atoms with Crippen LogP contribution in [0.5, 0.6) is 11.5 Å². The van der Waals surface area contributed by atoms with Crippen molar-refractivity contribution in [1.82, 2.24) is 15.8 Å². The number of aromatic hydroxyl groups is 2. The maximum Gasteiger partial charge on any atom is 0.283 e. The van der Waals surface area contributed by atoms with Gasteiger partial charge in [0.15, 0.2) is 5.82 Å². The predicted octanol–water partition coefficient (Wildman–Crippen LogP) is 1.42. The van der Waals surface area contributed by atoms with Gasteiger partial charge in [0.1, 0.15) is 11.5 Å². The van der Waals surface area contributed by atoms with Crippen LogP contribution in [0.25, 0.3) is 0 Å². The molecule has 1 aliphatic rings. The zero-order valence-corrected chi connectivity index (χ0v) is 14.6. The molecule has 2 heterocycles. The standard InChI is InChI=1S/C18H17N5O4/c1-10(20-21-17(26)13-7-6-12(24)9-14(13)25)16-11(2)22-23(18(16)27)15-5-3-4-8-19-15/h3-9,20,24-25H,1-2H3,(H,21,26)/b16-10-. The number of hydrazine groups is 1. The number of pyridine rings is 1. The first-order chi connectivity index (χ1) is 12.9. The molecule has 4 N–H and O–H groups in total. The highest BCUT2D eigenvalue weighted by Gasteiger charge is 2.31. The van der Waals surface area contributed by atoms with Gasteiger partial charge in [-0.05, 0) is 38.1 Å². The van der Waals surface area contributed by atoms with E-state index in [0.29, 0.717) is 22.8 Å². The molecule has 0 atom stereocenters. The van der Waals surface area contributed by atoms with Crippen LogP contribution in [-0.4, -0.2) is 32.7 Å². The number of nitrogens with zero attached hydrogens (tertiary/aromatic N) is 3. The Balaban J connectivity index is 1.75. The summed E-state index contributed by atoms with van der Waals surface area (Å²) in [5, 5.41) is 24.4. The van der Waals surface area contributed by atoms with E-state index >= 15 is 0 Å². The van der Waals surface area contributed by atoms with E-state index < -0.39 is 5.91 Å². The van der Waals surface area contributed by atoms with E-state index in [9.17, 15) is 19.8 Å². The van der Waals surface area contributed by atoms with Gasteiger partial charge in [0.05, 0.1) is 16.8 Å². The van der Waals surface area contributed by atoms with Gasteiger partial charge in [-0.15, -0.1) is 0 Å². The molecule has 0 bridgehead atoms. The van der Waals surface area contributed by atoms with Crippen LogP contribution >= 0.6 is 0 Å². The van der Waals surface area contributed by atoms with Crippen molar-refractivity contribution in [1.29, 1.82) is 0 Å². The third-order valence-corrected chi connectivity index (χ3v) is 3.85. The molecular formula is C18H17N5O4. The van der Waals surface area contributed by atoms with Crippen molar-refractivity contribution in [2.75, 3.05) is 5.01 Å². The Labute approximate surface area is 154 Å². The minimum atomic E-state index is -0.630. The summed E-state index contributed by atoms with van der Waals surface area (Å²) in [5.41, 5.74) is 6.18. The number of rotatable bonds is 4. The molecule has 0 saturated heterocycles. The van der Waals surface area contributed by atoms with Crippen LogP contribution in [0.2, 0.25) is 0 Å². The number of carbonyl (C=O) groups is 2. The van der Waals surface area contributed by atoms with Crippen LogP contribution in [0.1, 0.15) is 24.2 Å². The fourth-order valence-electron chi connectivity index (χ4n) is 2.56. The van der Waals surface area contributed by atoms with Crippen molar-refractivity contribution in [3.63, 3.8) is 0 Å². The molecule has 0 aliphatic carbocycles. The van der Waals surface area contributed by atoms with Crippen LogP contribution in [0.4, 0.5) is 5.82 Å². The number of anilines is 1. The van der Waals surface area contributed by atoms with E-state index in [1.165, 1.54) is 17.1 Å². The highest BCUT2D eigenvalue weighted by Crippen LogP contribution is 2.23. The minimum absolute atomic E-state index is 0.0312. The summed E-state index contributed by atoms with van der Waals surface area (Å²) in [6.07, 6.45) is 1.56. The van der Waals surface area contributed by atoms with Gasteiger partial charge in [-0.2, -0.15) is 10.1 Å². The number of benzene rings is 1. The molecule has 3 rings (SSSR count). The van der Waals surface area contributed by atoms with Crippen molar-refractivity contribution in [2.24, 2.45) is 5.10 Å². The van der Waals surface area contributed by atoms with Gasteiger partial charge in [0.2, 0.25) is 0 Å². The van der Waals surface area contributed by atoms with Gasteiger partial charge in [-0.3, -0.25) is 15.0 Å². The van der Waals surface area contributed by atoms with Crippen LogP contribution in [0.3, 0.4) is 0 Å². The smallest absolute Gasteiger partial charge is 0.283 e. The van der Waals surface area contributed by atoms with Crippen molar-refractivity contribution in [3.8, 4) is 11.5 Å². The second-order valence-corrected chi connectivity index (χ2v) is 5.77. The van der Waals surface area contributed by atoms with Crippen molar-refractivity contribution >= 4 is 23.3 Å². The lowest BCUT2D eigenvalue weighted by molar-refractivity contribution is -0.114. The molecule has 27 heavy (non-hydrogen) atoms. The maximum absolute atomic E-state index is 12.7. The molecule has 9 heteroatoms. The van der Waals surface area contributed by atoms with E-state index in [-0.39, 0.29) is 23.0 Å². The van der Waals surface area contributed by atoms with E-state index in [2.05, 4.69) is 20.9 Å². The highest BCUT2D eigenvalue weighted by molar-refractivity contribution is 6.29. The fourth-order valence-corrected chi connectivity index (χ4v) is 2.56. The Hall–Kier alpha value is -3.88. The number of phenolic OH excluding ortho intramolecular Hbond substituents is 2. The average molecular weight is 367 g/mol. The fraction of sp³-hybridized carbons (Fsp3) is 0.111. The van der Waals surface area contributed by atoms with Gasteiger partial charge in [-0.1, -0.05) is 6.07 Å². The summed E-state index contributed by atoms with van der Waals surface area (Å²) in [4.78, 5) is 28.9. The topological polar surface area (TPSA) is 127 Å². The van der Waals surface area contributed by atoms with Crippen LogP contribution in [0.15, 0.2) is 59.0 Å². The molecule has 0 unspecified atom stereocenters. The number of allylic oxidation sites excluding steroid dienone is 1. The Bertz CT molecular complexity index is 969. The number of nitrogens with one attached hydrogen (secondary N) is 2. The molecular weight excluding hydrogens is 350 g/mol. The molecule has 0 radical (unpaired) electrons. The highest BCUT2D eigenvalue weighted by atomic mass is 16.3. The molecule has 0 saturated carbocycles. The first-order valence-electron chi connectivity index (χ1n) is 7.98. The quantitative estimate of drug-likeness (QED) is 0.478. The Kier molecular flexibility index (Phi) is 4.75. The Morgan fingerprint density at radius 3 is 2.59 bits per heavy atom. The van der Waals surface area contributed by atoms with Crippen molar-refractivity contribution in [3.05, 3.63) is 59.4 Å². The molecule has 2 amide bonds. The molecule has 0 fully saturated rings. The molecule has 1 aliphatic heterocycles. The summed E-state index contributed by atoms with van der Waals surface area (Å²) in [5.74, 6) is -1.14. The number of hydrazone groups is 1. The van der Waals surface area contributed by atoms with E-state index in [1.807, 2.05) is 0 Å². The second kappa shape index (κ2) is 7.16. The predicted molar refractivity (Wildman–Crippen MR) is 97.9 cm³/mol. The lowest BCUT2D eigenvalue weighted by Gasteiger charge is -2.13. The molecule has 2 aromatic rings. The average Bonchev–Trinajstić information content (AvgIpc) is 2.94. The number of amides is 2. The third kappa shape index (κ3) is 3.56. The van der Waals surface area contributed by atoms with Gasteiger partial charge >= 0.3 is 0 Å². The largest absolute Gasteiger partial charge is 0.508 e. The van der Waals surface area contributed by atoms with Crippen LogP contribution in [0, 0.1) is 0 Å². The summed E-state index contributed by atoms with van der Waals surface area (Å²) in [7, 11) is 0. The number of hydrogen-bond acceptors (Lipinski definition) is 7. The molecule has 1 aromatic heterocycles. The van der Waals surface area contributed by atoms with Crippen molar-refractivity contribution < 1.29 is 19.8 Å². The number of phenols is 2. The lowest BCUT2D eigenvalue weighted by atomic mass is 10.1. The van der Waals surface area contributed by atoms with Gasteiger partial charge in [0, 0.05) is 18.0 Å².